The van der Waals surface area contributed by atoms with Crippen LogP contribution in [0.25, 0.3) is 0 Å². The highest BCUT2D eigenvalue weighted by atomic mass is 79.9. The van der Waals surface area contributed by atoms with Crippen LogP contribution >= 0.6 is 15.9 Å². The van der Waals surface area contributed by atoms with Crippen molar-refractivity contribution in [2.75, 3.05) is 0 Å². The second-order valence-corrected chi connectivity index (χ2v) is 6.25. The Morgan fingerprint density at radius 1 is 1.11 bits per heavy atom. The highest BCUT2D eigenvalue weighted by Crippen LogP contribution is 2.18. The maximum absolute atomic E-state index is 12.3. The molecule has 0 aliphatic carbocycles. The Hall–Kier alpha value is -1.46. The van der Waals surface area contributed by atoms with E-state index in [-0.39, 0.29) is 5.56 Å². The van der Waals surface area contributed by atoms with Gasteiger partial charge in [0.25, 0.3) is 0 Å². The minimum Gasteiger partial charge on any atom is -0.478 e. The van der Waals surface area contributed by atoms with Gasteiger partial charge < -0.3 is 5.11 Å². The third-order valence-corrected chi connectivity index (χ3v) is 4.54. The molecule has 0 aromatic heterocycles. The van der Waals surface area contributed by atoms with Crippen LogP contribution in [0.15, 0.2) is 57.9 Å². The van der Waals surface area contributed by atoms with Crippen molar-refractivity contribution in [1.29, 1.82) is 0 Å². The van der Waals surface area contributed by atoms with Crippen molar-refractivity contribution >= 4 is 32.7 Å². The van der Waals surface area contributed by atoms with Gasteiger partial charge in [-0.1, -0.05) is 40.2 Å². The quantitative estimate of drug-likeness (QED) is 0.928. The normalized spacial score (nSPS) is 12.1. The Bertz CT molecular complexity index is 623. The molecule has 2 aromatic carbocycles. The Morgan fingerprint density at radius 2 is 1.74 bits per heavy atom. The van der Waals surface area contributed by atoms with Gasteiger partial charge >= 0.3 is 5.97 Å². The number of carboxylic acids is 1. The third kappa shape index (κ3) is 3.52. The highest BCUT2D eigenvalue weighted by molar-refractivity contribution is 9.10. The lowest BCUT2D eigenvalue weighted by Crippen LogP contribution is -2.05. The highest BCUT2D eigenvalue weighted by Gasteiger charge is 2.14. The molecule has 0 fully saturated rings. The van der Waals surface area contributed by atoms with Gasteiger partial charge in [-0.2, -0.15) is 0 Å². The lowest BCUT2D eigenvalue weighted by atomic mass is 10.2. The summed E-state index contributed by atoms with van der Waals surface area (Å²) >= 11 is 3.33. The molecule has 98 valence electrons. The van der Waals surface area contributed by atoms with Gasteiger partial charge in [0.1, 0.15) is 0 Å². The molecule has 0 radical (unpaired) electrons. The minimum atomic E-state index is -1.37. The van der Waals surface area contributed by atoms with E-state index in [1.165, 1.54) is 6.07 Å². The molecule has 2 aromatic rings. The molecule has 0 heterocycles. The zero-order chi connectivity index (χ0) is 13.8. The SMILES string of the molecule is O=C(O)c1ccccc1[S@@](=O)Cc1ccc(Br)cc1. The summed E-state index contributed by atoms with van der Waals surface area (Å²) < 4.78 is 13.2. The molecule has 2 rings (SSSR count). The van der Waals surface area contributed by atoms with Gasteiger partial charge in [0.15, 0.2) is 0 Å². The molecule has 0 spiro atoms. The van der Waals surface area contributed by atoms with Crippen molar-refractivity contribution in [2.45, 2.75) is 10.6 Å². The largest absolute Gasteiger partial charge is 0.478 e. The van der Waals surface area contributed by atoms with Crippen LogP contribution in [-0.4, -0.2) is 15.3 Å². The summed E-state index contributed by atoms with van der Waals surface area (Å²) in [4.78, 5) is 11.4. The lowest BCUT2D eigenvalue weighted by Gasteiger charge is -2.06. The number of hydrogen-bond donors (Lipinski definition) is 1. The second-order valence-electron chi connectivity index (χ2n) is 3.92. The van der Waals surface area contributed by atoms with E-state index in [2.05, 4.69) is 15.9 Å². The molecule has 0 aliphatic heterocycles. The summed E-state index contributed by atoms with van der Waals surface area (Å²) in [5.41, 5.74) is 1.000. The number of carboxylic acid groups (broad SMARTS) is 1. The topological polar surface area (TPSA) is 54.4 Å². The van der Waals surface area contributed by atoms with Crippen LogP contribution in [0.4, 0.5) is 0 Å². The number of rotatable bonds is 4. The summed E-state index contributed by atoms with van der Waals surface area (Å²) in [6.45, 7) is 0. The molecule has 5 heteroatoms. The van der Waals surface area contributed by atoms with E-state index >= 15 is 0 Å². The van der Waals surface area contributed by atoms with Crippen LogP contribution in [-0.2, 0) is 16.6 Å². The number of aromatic carboxylic acids is 1. The minimum absolute atomic E-state index is 0.0953. The van der Waals surface area contributed by atoms with Crippen molar-refractivity contribution in [3.63, 3.8) is 0 Å². The predicted octanol–water partition coefficient (Wildman–Crippen LogP) is 3.46. The van der Waals surface area contributed by atoms with Gasteiger partial charge in [-0.15, -0.1) is 0 Å². The van der Waals surface area contributed by atoms with Crippen molar-refractivity contribution in [3.05, 3.63) is 64.1 Å². The summed E-state index contributed by atoms with van der Waals surface area (Å²) in [5, 5.41) is 9.08. The van der Waals surface area contributed by atoms with E-state index in [1.807, 2.05) is 24.3 Å². The van der Waals surface area contributed by atoms with E-state index in [4.69, 9.17) is 5.11 Å². The first kappa shape index (κ1) is 14.0. The zero-order valence-electron chi connectivity index (χ0n) is 9.88. The monoisotopic (exact) mass is 338 g/mol. The number of halogens is 1. The Balaban J connectivity index is 2.25. The van der Waals surface area contributed by atoms with E-state index < -0.39 is 16.8 Å². The Kier molecular flexibility index (Phi) is 4.50. The van der Waals surface area contributed by atoms with Gasteiger partial charge in [0.2, 0.25) is 0 Å². The fraction of sp³-hybridized carbons (Fsp3) is 0.0714. The lowest BCUT2D eigenvalue weighted by molar-refractivity contribution is 0.0693. The van der Waals surface area contributed by atoms with Crippen LogP contribution in [0.3, 0.4) is 0 Å². The molecular formula is C14H11BrO3S. The van der Waals surface area contributed by atoms with Crippen LogP contribution in [0.5, 0.6) is 0 Å². The van der Waals surface area contributed by atoms with Gasteiger partial charge in [-0.3, -0.25) is 4.21 Å². The molecule has 0 saturated carbocycles. The summed E-state index contributed by atoms with van der Waals surface area (Å²) in [6.07, 6.45) is 0. The van der Waals surface area contributed by atoms with Gasteiger partial charge in [-0.05, 0) is 29.8 Å². The molecule has 0 unspecified atom stereocenters. The molecular weight excluding hydrogens is 328 g/mol. The number of benzene rings is 2. The van der Waals surface area contributed by atoms with E-state index in [1.54, 1.807) is 18.2 Å². The number of carbonyl (C=O) groups is 1. The second kappa shape index (κ2) is 6.12. The Morgan fingerprint density at radius 3 is 2.37 bits per heavy atom. The summed E-state index contributed by atoms with van der Waals surface area (Å²) in [5.74, 6) is -0.753. The molecule has 0 amide bonds. The van der Waals surface area contributed by atoms with Crippen LogP contribution in [0, 0.1) is 0 Å². The summed E-state index contributed by atoms with van der Waals surface area (Å²) in [7, 11) is -1.37. The van der Waals surface area contributed by atoms with E-state index in [9.17, 15) is 9.00 Å². The first-order chi connectivity index (χ1) is 9.08. The average molecular weight is 339 g/mol. The van der Waals surface area contributed by atoms with Crippen molar-refractivity contribution in [1.82, 2.24) is 0 Å². The third-order valence-electron chi connectivity index (χ3n) is 2.57. The fourth-order valence-corrected chi connectivity index (χ4v) is 3.20. The number of hydrogen-bond acceptors (Lipinski definition) is 2. The molecule has 19 heavy (non-hydrogen) atoms. The molecule has 1 atom stereocenters. The van der Waals surface area contributed by atoms with Crippen molar-refractivity contribution < 1.29 is 14.1 Å². The van der Waals surface area contributed by atoms with Crippen LogP contribution < -0.4 is 0 Å². The average Bonchev–Trinajstić information content (AvgIpc) is 2.41. The predicted molar refractivity (Wildman–Crippen MR) is 77.7 cm³/mol. The molecule has 0 aliphatic rings. The zero-order valence-corrected chi connectivity index (χ0v) is 12.3. The molecule has 0 bridgehead atoms. The maximum Gasteiger partial charge on any atom is 0.336 e. The Labute approximate surface area is 121 Å². The van der Waals surface area contributed by atoms with Gasteiger partial charge in [0, 0.05) is 4.47 Å². The van der Waals surface area contributed by atoms with Gasteiger partial charge in [0.05, 0.1) is 27.0 Å². The van der Waals surface area contributed by atoms with Crippen molar-refractivity contribution in [2.24, 2.45) is 0 Å². The standard InChI is InChI=1S/C14H11BrO3S/c15-11-7-5-10(6-8-11)9-19(18)13-4-2-1-3-12(13)14(16)17/h1-8H,9H2,(H,16,17)/t19-/m0/s1. The molecule has 0 saturated heterocycles. The maximum atomic E-state index is 12.3. The fourth-order valence-electron chi connectivity index (χ4n) is 1.65. The van der Waals surface area contributed by atoms with E-state index in [0.717, 1.165) is 10.0 Å². The molecule has 1 N–H and O–H groups in total. The summed E-state index contributed by atoms with van der Waals surface area (Å²) in [6, 6.07) is 13.9. The van der Waals surface area contributed by atoms with E-state index in [0.29, 0.717) is 10.6 Å². The first-order valence-corrected chi connectivity index (χ1v) is 7.64. The van der Waals surface area contributed by atoms with Gasteiger partial charge in [-0.25, -0.2) is 4.79 Å². The molecule has 3 nitrogen and oxygen atoms in total. The van der Waals surface area contributed by atoms with Crippen molar-refractivity contribution in [3.8, 4) is 0 Å². The van der Waals surface area contributed by atoms with Crippen LogP contribution in [0.2, 0.25) is 0 Å². The van der Waals surface area contributed by atoms with Crippen LogP contribution in [0.1, 0.15) is 15.9 Å². The first-order valence-electron chi connectivity index (χ1n) is 5.53. The smallest absolute Gasteiger partial charge is 0.336 e.